The van der Waals surface area contributed by atoms with Crippen molar-refractivity contribution in [3.05, 3.63) is 23.9 Å². The molecule has 2 rings (SSSR count). The van der Waals surface area contributed by atoms with Crippen molar-refractivity contribution in [3.8, 4) is 5.88 Å². The second-order valence-corrected chi connectivity index (χ2v) is 6.15. The summed E-state index contributed by atoms with van der Waals surface area (Å²) in [7, 11) is 0. The molecule has 1 heterocycles. The molecule has 1 fully saturated rings. The molecule has 0 amide bonds. The lowest BCUT2D eigenvalue weighted by atomic mass is 9.75. The van der Waals surface area contributed by atoms with E-state index >= 15 is 0 Å². The molecule has 20 heavy (non-hydrogen) atoms. The Morgan fingerprint density at radius 3 is 2.80 bits per heavy atom. The van der Waals surface area contributed by atoms with E-state index in [1.54, 1.807) is 12.1 Å². The number of nitrogens with zero attached hydrogens (tertiary/aromatic N) is 1. The Kier molecular flexibility index (Phi) is 4.63. The van der Waals surface area contributed by atoms with Crippen molar-refractivity contribution >= 4 is 5.97 Å². The van der Waals surface area contributed by atoms with Gasteiger partial charge in [0.2, 0.25) is 5.88 Å². The highest BCUT2D eigenvalue weighted by molar-refractivity contribution is 5.85. The SMILES string of the molecule is CC1CCC(C(C)C)C(Oc2cccc(C(=O)O)n2)C1. The number of ether oxygens (including phenoxy) is 1. The summed E-state index contributed by atoms with van der Waals surface area (Å²) in [6.07, 6.45) is 3.56. The summed E-state index contributed by atoms with van der Waals surface area (Å²) in [5.74, 6) is 1.14. The quantitative estimate of drug-likeness (QED) is 0.913. The monoisotopic (exact) mass is 277 g/mol. The van der Waals surface area contributed by atoms with Gasteiger partial charge in [-0.05, 0) is 36.7 Å². The van der Waals surface area contributed by atoms with E-state index in [-0.39, 0.29) is 11.8 Å². The van der Waals surface area contributed by atoms with Crippen LogP contribution in [0.3, 0.4) is 0 Å². The zero-order valence-electron chi connectivity index (χ0n) is 12.4. The molecule has 0 spiro atoms. The first-order chi connectivity index (χ1) is 9.47. The third-order valence-electron chi connectivity index (χ3n) is 4.18. The molecule has 0 bridgehead atoms. The van der Waals surface area contributed by atoms with Gasteiger partial charge in [-0.15, -0.1) is 0 Å². The van der Waals surface area contributed by atoms with Gasteiger partial charge in [0, 0.05) is 6.07 Å². The lowest BCUT2D eigenvalue weighted by molar-refractivity contribution is 0.0420. The van der Waals surface area contributed by atoms with Crippen LogP contribution in [0.5, 0.6) is 5.88 Å². The number of hydrogen-bond donors (Lipinski definition) is 1. The molecule has 110 valence electrons. The summed E-state index contributed by atoms with van der Waals surface area (Å²) >= 11 is 0. The van der Waals surface area contributed by atoms with Gasteiger partial charge < -0.3 is 9.84 Å². The van der Waals surface area contributed by atoms with E-state index in [9.17, 15) is 4.79 Å². The first kappa shape index (κ1) is 14.8. The third-order valence-corrected chi connectivity index (χ3v) is 4.18. The summed E-state index contributed by atoms with van der Waals surface area (Å²) < 4.78 is 6.02. The van der Waals surface area contributed by atoms with E-state index in [0.29, 0.717) is 23.6 Å². The fourth-order valence-electron chi connectivity index (χ4n) is 3.00. The van der Waals surface area contributed by atoms with Crippen LogP contribution >= 0.6 is 0 Å². The van der Waals surface area contributed by atoms with E-state index in [2.05, 4.69) is 25.8 Å². The molecule has 1 aliphatic rings. The smallest absolute Gasteiger partial charge is 0.354 e. The Bertz CT molecular complexity index is 473. The van der Waals surface area contributed by atoms with Gasteiger partial charge in [-0.1, -0.05) is 33.3 Å². The van der Waals surface area contributed by atoms with Crippen molar-refractivity contribution < 1.29 is 14.6 Å². The molecule has 1 aromatic heterocycles. The number of pyridine rings is 1. The van der Waals surface area contributed by atoms with Crippen molar-refractivity contribution in [2.24, 2.45) is 17.8 Å². The maximum atomic E-state index is 11.0. The van der Waals surface area contributed by atoms with Crippen molar-refractivity contribution in [2.45, 2.75) is 46.1 Å². The van der Waals surface area contributed by atoms with Crippen molar-refractivity contribution in [2.75, 3.05) is 0 Å². The molecule has 0 radical (unpaired) electrons. The molecule has 1 aromatic rings. The highest BCUT2D eigenvalue weighted by Gasteiger charge is 2.32. The summed E-state index contributed by atoms with van der Waals surface area (Å²) in [6, 6.07) is 4.91. The van der Waals surface area contributed by atoms with E-state index in [0.717, 1.165) is 6.42 Å². The molecule has 4 nitrogen and oxygen atoms in total. The highest BCUT2D eigenvalue weighted by Crippen LogP contribution is 2.35. The zero-order valence-corrected chi connectivity index (χ0v) is 12.4. The average molecular weight is 277 g/mol. The zero-order chi connectivity index (χ0) is 14.7. The molecule has 1 saturated carbocycles. The minimum Gasteiger partial charge on any atom is -0.477 e. The van der Waals surface area contributed by atoms with Gasteiger partial charge in [0.15, 0.2) is 5.69 Å². The first-order valence-electron chi connectivity index (χ1n) is 7.34. The van der Waals surface area contributed by atoms with Crippen LogP contribution in [0.25, 0.3) is 0 Å². The lowest BCUT2D eigenvalue weighted by Crippen LogP contribution is -2.36. The molecule has 3 atom stereocenters. The molecular formula is C16H23NO3. The molecule has 3 unspecified atom stereocenters. The van der Waals surface area contributed by atoms with Crippen LogP contribution in [-0.2, 0) is 0 Å². The first-order valence-corrected chi connectivity index (χ1v) is 7.34. The van der Waals surface area contributed by atoms with Crippen molar-refractivity contribution in [3.63, 3.8) is 0 Å². The number of carbonyl (C=O) groups is 1. The number of aromatic carboxylic acids is 1. The van der Waals surface area contributed by atoms with Gasteiger partial charge in [0.05, 0.1) is 0 Å². The number of hydrogen-bond acceptors (Lipinski definition) is 3. The third kappa shape index (κ3) is 3.50. The summed E-state index contributed by atoms with van der Waals surface area (Å²) in [5.41, 5.74) is 0.0347. The molecule has 1 N–H and O–H groups in total. The van der Waals surface area contributed by atoms with Gasteiger partial charge in [-0.2, -0.15) is 0 Å². The number of rotatable bonds is 4. The Hall–Kier alpha value is -1.58. The molecule has 0 aliphatic heterocycles. The fraction of sp³-hybridized carbons (Fsp3) is 0.625. The van der Waals surface area contributed by atoms with Crippen molar-refractivity contribution in [1.82, 2.24) is 4.98 Å². The van der Waals surface area contributed by atoms with Crippen LogP contribution in [0.1, 0.15) is 50.5 Å². The van der Waals surface area contributed by atoms with Crippen LogP contribution in [0.4, 0.5) is 0 Å². The Morgan fingerprint density at radius 1 is 1.40 bits per heavy atom. The predicted octanol–water partition coefficient (Wildman–Crippen LogP) is 3.62. The molecule has 1 aliphatic carbocycles. The molecule has 0 saturated heterocycles. The van der Waals surface area contributed by atoms with Gasteiger partial charge >= 0.3 is 5.97 Å². The van der Waals surface area contributed by atoms with Gasteiger partial charge in [-0.3, -0.25) is 0 Å². The van der Waals surface area contributed by atoms with Crippen LogP contribution in [0.15, 0.2) is 18.2 Å². The standard InChI is InChI=1S/C16H23NO3/c1-10(2)12-8-7-11(3)9-14(12)20-15-6-4-5-13(17-15)16(18)19/h4-6,10-12,14H,7-9H2,1-3H3,(H,18,19). The second-order valence-electron chi connectivity index (χ2n) is 6.15. The average Bonchev–Trinajstić information content (AvgIpc) is 2.38. The number of carboxylic acids is 1. The molecular weight excluding hydrogens is 254 g/mol. The Labute approximate surface area is 120 Å². The maximum absolute atomic E-state index is 11.0. The largest absolute Gasteiger partial charge is 0.477 e. The Morgan fingerprint density at radius 2 is 2.15 bits per heavy atom. The summed E-state index contributed by atoms with van der Waals surface area (Å²) in [4.78, 5) is 15.0. The van der Waals surface area contributed by atoms with E-state index in [1.807, 2.05) is 0 Å². The van der Waals surface area contributed by atoms with Gasteiger partial charge in [0.25, 0.3) is 0 Å². The number of carboxylic acid groups (broad SMARTS) is 1. The minimum atomic E-state index is -1.02. The highest BCUT2D eigenvalue weighted by atomic mass is 16.5. The summed E-state index contributed by atoms with van der Waals surface area (Å²) in [5, 5.41) is 8.98. The minimum absolute atomic E-state index is 0.0347. The topological polar surface area (TPSA) is 59.4 Å². The van der Waals surface area contributed by atoms with Crippen molar-refractivity contribution in [1.29, 1.82) is 0 Å². The van der Waals surface area contributed by atoms with Crippen LogP contribution in [0, 0.1) is 17.8 Å². The normalized spacial score (nSPS) is 26.5. The van der Waals surface area contributed by atoms with Crippen LogP contribution < -0.4 is 4.74 Å². The van der Waals surface area contributed by atoms with E-state index < -0.39 is 5.97 Å². The van der Waals surface area contributed by atoms with Crippen LogP contribution in [0.2, 0.25) is 0 Å². The number of aromatic nitrogens is 1. The fourth-order valence-corrected chi connectivity index (χ4v) is 3.00. The van der Waals surface area contributed by atoms with Gasteiger partial charge in [0.1, 0.15) is 6.10 Å². The molecule has 0 aromatic carbocycles. The second kappa shape index (κ2) is 6.25. The maximum Gasteiger partial charge on any atom is 0.354 e. The summed E-state index contributed by atoms with van der Waals surface area (Å²) in [6.45, 7) is 6.68. The van der Waals surface area contributed by atoms with Crippen LogP contribution in [-0.4, -0.2) is 22.2 Å². The van der Waals surface area contributed by atoms with Gasteiger partial charge in [-0.25, -0.2) is 9.78 Å². The van der Waals surface area contributed by atoms with E-state index in [4.69, 9.17) is 9.84 Å². The molecule has 4 heteroatoms. The van der Waals surface area contributed by atoms with E-state index in [1.165, 1.54) is 18.9 Å². The lowest BCUT2D eigenvalue weighted by Gasteiger charge is -2.37. The Balaban J connectivity index is 2.13. The predicted molar refractivity (Wildman–Crippen MR) is 77.0 cm³/mol.